The van der Waals surface area contributed by atoms with Gasteiger partial charge < -0.3 is 9.47 Å². The fraction of sp³-hybridized carbons (Fsp3) is 0.167. The van der Waals surface area contributed by atoms with Gasteiger partial charge in [-0.1, -0.05) is 11.6 Å². The third-order valence-electron chi connectivity index (χ3n) is 2.35. The molecule has 0 saturated heterocycles. The number of aromatic nitrogens is 2. The highest BCUT2D eigenvalue weighted by Gasteiger charge is 2.09. The van der Waals surface area contributed by atoms with Gasteiger partial charge in [-0.25, -0.2) is 9.97 Å². The first kappa shape index (κ1) is 12.9. The number of nitrogens with zero attached hydrogens (tertiary/aromatic N) is 2. The molecule has 0 fully saturated rings. The summed E-state index contributed by atoms with van der Waals surface area (Å²) < 4.78 is 10.4. The maximum atomic E-state index is 5.84. The van der Waals surface area contributed by atoms with E-state index in [4.69, 9.17) is 32.7 Å². The van der Waals surface area contributed by atoms with Gasteiger partial charge in [0.15, 0.2) is 11.5 Å². The molecule has 2 aromatic rings. The number of methoxy groups -OCH3 is 2. The Bertz CT molecular complexity index is 556. The van der Waals surface area contributed by atoms with E-state index in [1.54, 1.807) is 32.4 Å². The van der Waals surface area contributed by atoms with E-state index in [-0.39, 0.29) is 5.28 Å². The molecule has 0 atom stereocenters. The molecule has 0 N–H and O–H groups in total. The van der Waals surface area contributed by atoms with Crippen LogP contribution in [-0.4, -0.2) is 24.2 Å². The van der Waals surface area contributed by atoms with Gasteiger partial charge in [-0.3, -0.25) is 0 Å². The summed E-state index contributed by atoms with van der Waals surface area (Å²) in [5.41, 5.74) is 1.44. The standard InChI is InChI=1S/C12H10Cl2N2O2/c1-17-9-4-3-7(5-10(9)18-2)8-6-11(13)16-12(14)15-8/h3-6H,1-2H3. The van der Waals surface area contributed by atoms with Crippen molar-refractivity contribution >= 4 is 23.2 Å². The molecule has 0 spiro atoms. The minimum atomic E-state index is 0.104. The topological polar surface area (TPSA) is 44.2 Å². The summed E-state index contributed by atoms with van der Waals surface area (Å²) in [5, 5.41) is 0.395. The van der Waals surface area contributed by atoms with Gasteiger partial charge in [0.1, 0.15) is 5.15 Å². The van der Waals surface area contributed by atoms with E-state index in [1.807, 2.05) is 6.07 Å². The van der Waals surface area contributed by atoms with Crippen LogP contribution in [0.25, 0.3) is 11.3 Å². The van der Waals surface area contributed by atoms with E-state index in [0.29, 0.717) is 22.3 Å². The van der Waals surface area contributed by atoms with Crippen LogP contribution >= 0.6 is 23.2 Å². The summed E-state index contributed by atoms with van der Waals surface area (Å²) in [7, 11) is 3.15. The average molecular weight is 285 g/mol. The third kappa shape index (κ3) is 2.66. The van der Waals surface area contributed by atoms with Crippen molar-refractivity contribution in [2.24, 2.45) is 0 Å². The zero-order valence-corrected chi connectivity index (χ0v) is 11.3. The van der Waals surface area contributed by atoms with Crippen LogP contribution in [0.3, 0.4) is 0 Å². The van der Waals surface area contributed by atoms with Crippen LogP contribution in [0, 0.1) is 0 Å². The van der Waals surface area contributed by atoms with Crippen molar-refractivity contribution in [2.45, 2.75) is 0 Å². The minimum Gasteiger partial charge on any atom is -0.493 e. The second kappa shape index (κ2) is 5.42. The lowest BCUT2D eigenvalue weighted by Gasteiger charge is -2.09. The monoisotopic (exact) mass is 284 g/mol. The van der Waals surface area contributed by atoms with Gasteiger partial charge in [-0.2, -0.15) is 0 Å². The Balaban J connectivity index is 2.50. The molecular formula is C12H10Cl2N2O2. The van der Waals surface area contributed by atoms with Gasteiger partial charge >= 0.3 is 0 Å². The van der Waals surface area contributed by atoms with E-state index < -0.39 is 0 Å². The normalized spacial score (nSPS) is 10.2. The van der Waals surface area contributed by atoms with Crippen molar-refractivity contribution in [3.63, 3.8) is 0 Å². The molecule has 4 nitrogen and oxygen atoms in total. The second-order valence-electron chi connectivity index (χ2n) is 3.41. The second-order valence-corrected chi connectivity index (χ2v) is 4.14. The number of benzene rings is 1. The van der Waals surface area contributed by atoms with Crippen LogP contribution in [0.2, 0.25) is 10.4 Å². The predicted octanol–water partition coefficient (Wildman–Crippen LogP) is 3.47. The van der Waals surface area contributed by atoms with Crippen LogP contribution in [0.4, 0.5) is 0 Å². The molecule has 1 aromatic carbocycles. The van der Waals surface area contributed by atoms with Crippen LogP contribution in [0.5, 0.6) is 11.5 Å². The number of rotatable bonds is 3. The Kier molecular flexibility index (Phi) is 3.89. The molecule has 0 saturated carbocycles. The van der Waals surface area contributed by atoms with Crippen molar-refractivity contribution in [2.75, 3.05) is 14.2 Å². The fourth-order valence-electron chi connectivity index (χ4n) is 1.53. The van der Waals surface area contributed by atoms with E-state index in [9.17, 15) is 0 Å². The SMILES string of the molecule is COc1ccc(-c2cc(Cl)nc(Cl)n2)cc1OC. The summed E-state index contributed by atoms with van der Waals surface area (Å²) in [4.78, 5) is 7.91. The molecule has 0 bridgehead atoms. The van der Waals surface area contributed by atoms with E-state index in [1.165, 1.54) is 0 Å². The molecule has 0 unspecified atom stereocenters. The smallest absolute Gasteiger partial charge is 0.224 e. The Hall–Kier alpha value is -1.52. The lowest BCUT2D eigenvalue weighted by Crippen LogP contribution is -1.92. The van der Waals surface area contributed by atoms with Gasteiger partial charge in [0, 0.05) is 11.6 Å². The molecule has 0 aliphatic heterocycles. The first-order valence-electron chi connectivity index (χ1n) is 5.06. The summed E-state index contributed by atoms with van der Waals surface area (Å²) in [6.45, 7) is 0. The minimum absolute atomic E-state index is 0.104. The highest BCUT2D eigenvalue weighted by Crippen LogP contribution is 2.32. The lowest BCUT2D eigenvalue weighted by atomic mass is 10.1. The Labute approximate surface area is 114 Å². The molecule has 1 aromatic heterocycles. The van der Waals surface area contributed by atoms with Gasteiger partial charge in [0.2, 0.25) is 5.28 Å². The van der Waals surface area contributed by atoms with E-state index >= 15 is 0 Å². The van der Waals surface area contributed by atoms with Gasteiger partial charge in [0.25, 0.3) is 0 Å². The van der Waals surface area contributed by atoms with Crippen LogP contribution in [0.15, 0.2) is 24.3 Å². The average Bonchev–Trinajstić information content (AvgIpc) is 2.36. The van der Waals surface area contributed by atoms with Gasteiger partial charge in [0.05, 0.1) is 19.9 Å². The maximum absolute atomic E-state index is 5.84. The zero-order valence-electron chi connectivity index (χ0n) is 9.78. The summed E-state index contributed by atoms with van der Waals surface area (Å²) in [6, 6.07) is 7.07. The van der Waals surface area contributed by atoms with Crippen LogP contribution < -0.4 is 9.47 Å². The highest BCUT2D eigenvalue weighted by molar-refractivity contribution is 6.32. The highest BCUT2D eigenvalue weighted by atomic mass is 35.5. The number of hydrogen-bond donors (Lipinski definition) is 0. The van der Waals surface area contributed by atoms with E-state index in [2.05, 4.69) is 9.97 Å². The molecule has 0 amide bonds. The first-order valence-corrected chi connectivity index (χ1v) is 5.82. The molecule has 0 radical (unpaired) electrons. The summed E-state index contributed by atoms with van der Waals surface area (Å²) in [6.07, 6.45) is 0. The Morgan fingerprint density at radius 1 is 0.944 bits per heavy atom. The van der Waals surface area contributed by atoms with Crippen molar-refractivity contribution in [3.8, 4) is 22.8 Å². The number of halogens is 2. The molecular weight excluding hydrogens is 275 g/mol. The number of hydrogen-bond acceptors (Lipinski definition) is 4. The molecule has 0 aliphatic rings. The fourth-order valence-corrected chi connectivity index (χ4v) is 1.94. The Morgan fingerprint density at radius 3 is 2.28 bits per heavy atom. The Morgan fingerprint density at radius 2 is 1.67 bits per heavy atom. The van der Waals surface area contributed by atoms with Gasteiger partial charge in [-0.15, -0.1) is 0 Å². The molecule has 2 rings (SSSR count). The third-order valence-corrected chi connectivity index (χ3v) is 2.71. The number of ether oxygens (including phenoxy) is 2. The van der Waals surface area contributed by atoms with Crippen molar-refractivity contribution in [3.05, 3.63) is 34.7 Å². The van der Waals surface area contributed by atoms with E-state index in [0.717, 1.165) is 5.56 Å². The first-order chi connectivity index (χ1) is 8.63. The molecule has 6 heteroatoms. The molecule has 0 aliphatic carbocycles. The summed E-state index contributed by atoms with van der Waals surface area (Å²) >= 11 is 11.6. The maximum Gasteiger partial charge on any atom is 0.224 e. The zero-order chi connectivity index (χ0) is 13.1. The molecule has 94 valence electrons. The van der Waals surface area contributed by atoms with Crippen LogP contribution in [0.1, 0.15) is 0 Å². The predicted molar refractivity (Wildman–Crippen MR) is 70.6 cm³/mol. The molecule has 1 heterocycles. The van der Waals surface area contributed by atoms with Crippen molar-refractivity contribution in [1.82, 2.24) is 9.97 Å². The van der Waals surface area contributed by atoms with Crippen molar-refractivity contribution < 1.29 is 9.47 Å². The van der Waals surface area contributed by atoms with Gasteiger partial charge in [-0.05, 0) is 29.8 Å². The van der Waals surface area contributed by atoms with Crippen molar-refractivity contribution in [1.29, 1.82) is 0 Å². The van der Waals surface area contributed by atoms with Crippen LogP contribution in [-0.2, 0) is 0 Å². The quantitative estimate of drug-likeness (QED) is 0.640. The summed E-state index contributed by atoms with van der Waals surface area (Å²) in [5.74, 6) is 1.26. The molecule has 18 heavy (non-hydrogen) atoms. The largest absolute Gasteiger partial charge is 0.493 e. The lowest BCUT2D eigenvalue weighted by molar-refractivity contribution is 0.355.